The highest BCUT2D eigenvalue weighted by molar-refractivity contribution is 5.92. The average Bonchev–Trinajstić information content (AvgIpc) is 3.35. The van der Waals surface area contributed by atoms with Crippen LogP contribution >= 0.6 is 0 Å². The normalized spacial score (nSPS) is 11.0. The predicted molar refractivity (Wildman–Crippen MR) is 242 cm³/mol. The molecule has 0 aliphatic heterocycles. The van der Waals surface area contributed by atoms with Crippen LogP contribution in [0.5, 0.6) is 0 Å². The van der Waals surface area contributed by atoms with Gasteiger partial charge in [-0.15, -0.1) is 20.4 Å². The fourth-order valence-electron chi connectivity index (χ4n) is 7.61. The van der Waals surface area contributed by atoms with Crippen LogP contribution in [0.25, 0.3) is 101 Å². The molecule has 0 radical (unpaired) electrons. The molecule has 0 N–H and O–H groups in total. The smallest absolute Gasteiger partial charge is 0.182 e. The molecule has 2 aromatic heterocycles. The van der Waals surface area contributed by atoms with E-state index >= 15 is 0 Å². The molecule has 6 heteroatoms. The summed E-state index contributed by atoms with van der Waals surface area (Å²) in [7, 11) is 0. The second-order valence-corrected chi connectivity index (χ2v) is 14.4. The van der Waals surface area contributed by atoms with Gasteiger partial charge in [0.25, 0.3) is 0 Å². The van der Waals surface area contributed by atoms with Crippen molar-refractivity contribution in [3.8, 4) is 101 Å². The minimum Gasteiger partial charge on any atom is -0.224 e. The lowest BCUT2D eigenvalue weighted by atomic mass is 9.89. The van der Waals surface area contributed by atoms with Gasteiger partial charge in [0.15, 0.2) is 11.6 Å². The quantitative estimate of drug-likeness (QED) is 0.145. The molecule has 6 nitrogen and oxygen atoms in total. The second-order valence-electron chi connectivity index (χ2n) is 14.4. The molecule has 0 amide bonds. The van der Waals surface area contributed by atoms with Crippen molar-refractivity contribution in [2.24, 2.45) is 0 Å². The standard InChI is InChI=1S/C54H36N6/c1-5-17-39(18-6-1)49-51(41-21-9-3-10-22-41)57-59-53(55-49)43-33-29-37(30-34-43)45-25-13-15-27-47(45)48-28-16-14-26-46(48)38-31-35-44(36-32-38)54-56-50(40-19-7-2-8-20-40)52(58-60-54)42-23-11-4-12-24-42/h1-36H. The Kier molecular flexibility index (Phi) is 9.84. The van der Waals surface area contributed by atoms with Crippen molar-refractivity contribution in [2.45, 2.75) is 0 Å². The summed E-state index contributed by atoms with van der Waals surface area (Å²) in [6.45, 7) is 0. The Bertz CT molecular complexity index is 2830. The molecule has 10 rings (SSSR count). The number of aromatic nitrogens is 6. The van der Waals surface area contributed by atoms with Crippen LogP contribution in [0.4, 0.5) is 0 Å². The summed E-state index contributed by atoms with van der Waals surface area (Å²) in [5.41, 5.74) is 15.5. The molecule has 0 unspecified atom stereocenters. The first-order valence-corrected chi connectivity index (χ1v) is 19.9. The molecule has 60 heavy (non-hydrogen) atoms. The largest absolute Gasteiger partial charge is 0.224 e. The van der Waals surface area contributed by atoms with E-state index in [9.17, 15) is 0 Å². The highest BCUT2D eigenvalue weighted by Crippen LogP contribution is 2.39. The van der Waals surface area contributed by atoms with Gasteiger partial charge in [0.1, 0.15) is 22.8 Å². The van der Waals surface area contributed by atoms with E-state index in [4.69, 9.17) is 20.2 Å². The topological polar surface area (TPSA) is 77.3 Å². The third-order valence-corrected chi connectivity index (χ3v) is 10.6. The summed E-state index contributed by atoms with van der Waals surface area (Å²) in [6, 6.07) is 74.5. The molecule has 8 aromatic carbocycles. The maximum Gasteiger partial charge on any atom is 0.182 e. The molecule has 2 heterocycles. The van der Waals surface area contributed by atoms with Crippen molar-refractivity contribution in [2.75, 3.05) is 0 Å². The van der Waals surface area contributed by atoms with Gasteiger partial charge in [0.05, 0.1) is 0 Å². The van der Waals surface area contributed by atoms with Gasteiger partial charge in [-0.3, -0.25) is 0 Å². The van der Waals surface area contributed by atoms with Crippen molar-refractivity contribution < 1.29 is 0 Å². The van der Waals surface area contributed by atoms with E-state index in [-0.39, 0.29) is 0 Å². The van der Waals surface area contributed by atoms with Crippen LogP contribution in [0.3, 0.4) is 0 Å². The van der Waals surface area contributed by atoms with Gasteiger partial charge in [-0.1, -0.05) is 218 Å². The number of rotatable bonds is 9. The zero-order valence-electron chi connectivity index (χ0n) is 32.5. The molecular formula is C54H36N6. The summed E-state index contributed by atoms with van der Waals surface area (Å²) in [5.74, 6) is 1.15. The first-order valence-electron chi connectivity index (χ1n) is 19.9. The maximum absolute atomic E-state index is 5.08. The summed E-state index contributed by atoms with van der Waals surface area (Å²) in [4.78, 5) is 10.2. The highest BCUT2D eigenvalue weighted by Gasteiger charge is 2.18. The van der Waals surface area contributed by atoms with Crippen LogP contribution in [0.15, 0.2) is 218 Å². The Balaban J connectivity index is 0.965. The van der Waals surface area contributed by atoms with Gasteiger partial charge >= 0.3 is 0 Å². The zero-order chi connectivity index (χ0) is 40.1. The van der Waals surface area contributed by atoms with Crippen molar-refractivity contribution in [1.82, 2.24) is 30.4 Å². The molecular weight excluding hydrogens is 733 g/mol. The Morgan fingerprint density at radius 2 is 0.450 bits per heavy atom. The van der Waals surface area contributed by atoms with E-state index in [1.54, 1.807) is 0 Å². The molecule has 0 saturated carbocycles. The monoisotopic (exact) mass is 768 g/mol. The average molecular weight is 769 g/mol. The first kappa shape index (κ1) is 36.1. The van der Waals surface area contributed by atoms with E-state index < -0.39 is 0 Å². The van der Waals surface area contributed by atoms with E-state index in [1.165, 1.54) is 0 Å². The van der Waals surface area contributed by atoms with Gasteiger partial charge in [-0.25, -0.2) is 9.97 Å². The molecule has 0 aliphatic carbocycles. The van der Waals surface area contributed by atoms with Crippen molar-refractivity contribution in [3.05, 3.63) is 218 Å². The SMILES string of the molecule is c1ccc(-c2nnc(-c3ccc(-c4ccccc4-c4ccccc4-c4ccc(-c5nnc(-c6ccccc6)c(-c6ccccc6)n5)cc4)cc3)nc2-c2ccccc2)cc1. The van der Waals surface area contributed by atoms with Crippen LogP contribution in [-0.4, -0.2) is 30.4 Å². The number of hydrogen-bond donors (Lipinski definition) is 0. The zero-order valence-corrected chi connectivity index (χ0v) is 32.5. The summed E-state index contributed by atoms with van der Waals surface area (Å²) in [5, 5.41) is 18.6. The van der Waals surface area contributed by atoms with E-state index in [1.807, 2.05) is 97.1 Å². The van der Waals surface area contributed by atoms with E-state index in [2.05, 4.69) is 132 Å². The maximum atomic E-state index is 5.08. The van der Waals surface area contributed by atoms with Gasteiger partial charge in [0, 0.05) is 33.4 Å². The third kappa shape index (κ3) is 7.25. The van der Waals surface area contributed by atoms with Crippen molar-refractivity contribution >= 4 is 0 Å². The second kappa shape index (κ2) is 16.3. The van der Waals surface area contributed by atoms with E-state index in [0.717, 1.165) is 89.5 Å². The van der Waals surface area contributed by atoms with Crippen LogP contribution < -0.4 is 0 Å². The first-order chi connectivity index (χ1) is 29.8. The molecule has 0 bridgehead atoms. The van der Waals surface area contributed by atoms with Gasteiger partial charge in [0.2, 0.25) is 0 Å². The molecule has 0 spiro atoms. The third-order valence-electron chi connectivity index (χ3n) is 10.6. The van der Waals surface area contributed by atoms with Gasteiger partial charge < -0.3 is 0 Å². The molecule has 0 saturated heterocycles. The number of benzene rings is 8. The van der Waals surface area contributed by atoms with Crippen molar-refractivity contribution in [3.63, 3.8) is 0 Å². The lowest BCUT2D eigenvalue weighted by Crippen LogP contribution is -2.00. The predicted octanol–water partition coefficient (Wildman–Crippen LogP) is 13.1. The van der Waals surface area contributed by atoms with Crippen molar-refractivity contribution in [1.29, 1.82) is 0 Å². The Morgan fingerprint density at radius 3 is 0.783 bits per heavy atom. The van der Waals surface area contributed by atoms with Crippen LogP contribution in [0, 0.1) is 0 Å². The summed E-state index contributed by atoms with van der Waals surface area (Å²) in [6.07, 6.45) is 0. The molecule has 10 aromatic rings. The Labute approximate surface area is 348 Å². The Morgan fingerprint density at radius 1 is 0.183 bits per heavy atom. The Hall–Kier alpha value is -8.22. The van der Waals surface area contributed by atoms with Crippen LogP contribution in [0.1, 0.15) is 0 Å². The van der Waals surface area contributed by atoms with E-state index in [0.29, 0.717) is 11.6 Å². The fourth-order valence-corrected chi connectivity index (χ4v) is 7.61. The minimum absolute atomic E-state index is 0.576. The lowest BCUT2D eigenvalue weighted by Gasteiger charge is -2.15. The van der Waals surface area contributed by atoms with Gasteiger partial charge in [-0.2, -0.15) is 0 Å². The van der Waals surface area contributed by atoms with Crippen LogP contribution in [0.2, 0.25) is 0 Å². The highest BCUT2D eigenvalue weighted by atomic mass is 15.2. The summed E-state index contributed by atoms with van der Waals surface area (Å²) >= 11 is 0. The molecule has 0 aliphatic rings. The number of nitrogens with zero attached hydrogens (tertiary/aromatic N) is 6. The lowest BCUT2D eigenvalue weighted by molar-refractivity contribution is 0.991. The minimum atomic E-state index is 0.576. The van der Waals surface area contributed by atoms with Crippen LogP contribution in [-0.2, 0) is 0 Å². The molecule has 282 valence electrons. The summed E-state index contributed by atoms with van der Waals surface area (Å²) < 4.78 is 0. The van der Waals surface area contributed by atoms with Gasteiger partial charge in [-0.05, 0) is 33.4 Å². The number of hydrogen-bond acceptors (Lipinski definition) is 6. The fraction of sp³-hybridized carbons (Fsp3) is 0. The molecule has 0 atom stereocenters. The molecule has 0 fully saturated rings.